The minimum absolute atomic E-state index is 0.190. The van der Waals surface area contributed by atoms with Crippen molar-refractivity contribution in [1.29, 1.82) is 0 Å². The molecule has 0 radical (unpaired) electrons. The van der Waals surface area contributed by atoms with Crippen LogP contribution in [0.4, 0.5) is 14.5 Å². The number of benzene rings is 1. The van der Waals surface area contributed by atoms with Crippen molar-refractivity contribution in [3.8, 4) is 0 Å². The largest absolute Gasteiger partial charge is 0.323 e. The number of rotatable bonds is 1. The fraction of sp³-hybridized carbons (Fsp3) is 0.357. The van der Waals surface area contributed by atoms with Crippen LogP contribution in [0.25, 0.3) is 10.9 Å². The summed E-state index contributed by atoms with van der Waals surface area (Å²) >= 11 is 0. The summed E-state index contributed by atoms with van der Waals surface area (Å²) in [5, 5.41) is 0.417. The topological polar surface area (TPSA) is 50.9 Å². The van der Waals surface area contributed by atoms with Gasteiger partial charge in [0.05, 0.1) is 5.69 Å². The van der Waals surface area contributed by atoms with E-state index in [2.05, 4.69) is 10.4 Å². The Hall–Kier alpha value is -1.75. The molecule has 1 aliphatic carbocycles. The lowest BCUT2D eigenvalue weighted by Gasteiger charge is -2.15. The van der Waals surface area contributed by atoms with Crippen molar-refractivity contribution in [1.82, 2.24) is 4.98 Å². The Balaban J connectivity index is 2.36. The molecule has 0 saturated carbocycles. The van der Waals surface area contributed by atoms with Gasteiger partial charge in [-0.2, -0.15) is 0 Å². The van der Waals surface area contributed by atoms with Crippen LogP contribution in [0.3, 0.4) is 0 Å². The van der Waals surface area contributed by atoms with E-state index in [1.54, 1.807) is 0 Å². The van der Waals surface area contributed by atoms with Crippen LogP contribution in [0, 0.1) is 11.6 Å². The summed E-state index contributed by atoms with van der Waals surface area (Å²) < 4.78 is 27.3. The number of aryl methyl sites for hydroxylation is 1. The zero-order chi connectivity index (χ0) is 13.4. The van der Waals surface area contributed by atoms with Gasteiger partial charge in [0.15, 0.2) is 5.82 Å². The molecule has 0 aliphatic heterocycles. The van der Waals surface area contributed by atoms with Gasteiger partial charge < -0.3 is 5.43 Å². The van der Waals surface area contributed by atoms with E-state index in [1.807, 2.05) is 0 Å². The highest BCUT2D eigenvalue weighted by Crippen LogP contribution is 2.33. The molecule has 1 aromatic heterocycles. The number of aromatic nitrogens is 1. The summed E-state index contributed by atoms with van der Waals surface area (Å²) in [5.41, 5.74) is 5.28. The lowest BCUT2D eigenvalue weighted by Crippen LogP contribution is -2.13. The van der Waals surface area contributed by atoms with Gasteiger partial charge in [-0.1, -0.05) is 6.42 Å². The number of fused-ring (bicyclic) bond motifs is 2. The second kappa shape index (κ2) is 4.74. The Morgan fingerprint density at radius 1 is 1.11 bits per heavy atom. The third kappa shape index (κ3) is 2.04. The number of hydrogen-bond donors (Lipinski definition) is 2. The molecule has 3 N–H and O–H groups in total. The molecule has 0 spiro atoms. The summed E-state index contributed by atoms with van der Waals surface area (Å²) in [6, 6.07) is 2.14. The Morgan fingerprint density at radius 2 is 1.89 bits per heavy atom. The minimum atomic E-state index is -0.640. The summed E-state index contributed by atoms with van der Waals surface area (Å²) in [6.07, 6.45) is 4.87. The standard InChI is InChI=1S/C14H15F2N3/c15-8-6-10-13(19-17)9-4-2-1-3-5-12(9)18-14(10)11(16)7-8/h6-7H,1-5,17H2,(H,18,19). The van der Waals surface area contributed by atoms with Crippen molar-refractivity contribution < 1.29 is 8.78 Å². The van der Waals surface area contributed by atoms with Crippen molar-refractivity contribution in [3.05, 3.63) is 35.0 Å². The van der Waals surface area contributed by atoms with Gasteiger partial charge in [-0.15, -0.1) is 0 Å². The first kappa shape index (κ1) is 12.3. The quantitative estimate of drug-likeness (QED) is 0.472. The molecule has 5 heteroatoms. The van der Waals surface area contributed by atoms with Crippen LogP contribution in [0.15, 0.2) is 12.1 Å². The number of nitrogens with one attached hydrogen (secondary N) is 1. The predicted octanol–water partition coefficient (Wildman–Crippen LogP) is 3.07. The summed E-state index contributed by atoms with van der Waals surface area (Å²) in [6.45, 7) is 0. The summed E-state index contributed by atoms with van der Waals surface area (Å²) in [7, 11) is 0. The van der Waals surface area contributed by atoms with E-state index < -0.39 is 11.6 Å². The first-order valence-corrected chi connectivity index (χ1v) is 6.48. The molecular weight excluding hydrogens is 248 g/mol. The SMILES string of the molecule is NNc1c2c(nc3c(F)cc(F)cc13)CCCCC2. The Kier molecular flexibility index (Phi) is 3.06. The second-order valence-electron chi connectivity index (χ2n) is 4.90. The maximum atomic E-state index is 13.9. The highest BCUT2D eigenvalue weighted by atomic mass is 19.1. The van der Waals surface area contributed by atoms with Crippen molar-refractivity contribution in [3.63, 3.8) is 0 Å². The average Bonchev–Trinajstić information content (AvgIpc) is 2.61. The van der Waals surface area contributed by atoms with E-state index in [0.29, 0.717) is 11.1 Å². The normalized spacial score (nSPS) is 15.1. The number of anilines is 1. The van der Waals surface area contributed by atoms with Crippen LogP contribution in [-0.2, 0) is 12.8 Å². The third-order valence-electron chi connectivity index (χ3n) is 3.68. The van der Waals surface area contributed by atoms with Gasteiger partial charge in [-0.25, -0.2) is 13.8 Å². The van der Waals surface area contributed by atoms with Crippen LogP contribution in [0.2, 0.25) is 0 Å². The van der Waals surface area contributed by atoms with Crippen molar-refractivity contribution >= 4 is 16.6 Å². The maximum absolute atomic E-state index is 13.9. The van der Waals surface area contributed by atoms with E-state index >= 15 is 0 Å². The molecule has 19 heavy (non-hydrogen) atoms. The molecule has 3 nitrogen and oxygen atoms in total. The molecule has 0 fully saturated rings. The van der Waals surface area contributed by atoms with Crippen molar-refractivity contribution in [2.75, 3.05) is 5.43 Å². The molecule has 1 aliphatic rings. The smallest absolute Gasteiger partial charge is 0.152 e. The first-order chi connectivity index (χ1) is 9.20. The fourth-order valence-electron chi connectivity index (χ4n) is 2.79. The molecule has 0 amide bonds. The van der Waals surface area contributed by atoms with Crippen LogP contribution in [-0.4, -0.2) is 4.98 Å². The number of hydrazine groups is 1. The minimum Gasteiger partial charge on any atom is -0.323 e. The van der Waals surface area contributed by atoms with Crippen molar-refractivity contribution in [2.24, 2.45) is 5.84 Å². The number of hydrogen-bond acceptors (Lipinski definition) is 3. The van der Waals surface area contributed by atoms with Gasteiger partial charge in [0, 0.05) is 17.1 Å². The zero-order valence-electron chi connectivity index (χ0n) is 10.5. The Bertz CT molecular complexity index is 640. The van der Waals surface area contributed by atoms with Crippen LogP contribution >= 0.6 is 0 Å². The monoisotopic (exact) mass is 263 g/mol. The van der Waals surface area contributed by atoms with Crippen LogP contribution in [0.5, 0.6) is 0 Å². The van der Waals surface area contributed by atoms with Gasteiger partial charge >= 0.3 is 0 Å². The van der Waals surface area contributed by atoms with Gasteiger partial charge in [-0.3, -0.25) is 5.84 Å². The number of nitrogens with zero attached hydrogens (tertiary/aromatic N) is 1. The van der Waals surface area contributed by atoms with Gasteiger partial charge in [-0.05, 0) is 37.3 Å². The third-order valence-corrected chi connectivity index (χ3v) is 3.68. The van der Waals surface area contributed by atoms with E-state index in [0.717, 1.165) is 49.4 Å². The second-order valence-corrected chi connectivity index (χ2v) is 4.90. The van der Waals surface area contributed by atoms with E-state index in [9.17, 15) is 8.78 Å². The lowest BCUT2D eigenvalue weighted by molar-refractivity contribution is 0.590. The molecule has 1 aromatic carbocycles. The van der Waals surface area contributed by atoms with Crippen LogP contribution in [0.1, 0.15) is 30.5 Å². The maximum Gasteiger partial charge on any atom is 0.152 e. The number of halogens is 2. The van der Waals surface area contributed by atoms with E-state index in [-0.39, 0.29) is 5.52 Å². The van der Waals surface area contributed by atoms with Crippen molar-refractivity contribution in [2.45, 2.75) is 32.1 Å². The number of nitrogen functional groups attached to an aromatic ring is 1. The molecule has 100 valence electrons. The Labute approximate surface area is 109 Å². The highest BCUT2D eigenvalue weighted by Gasteiger charge is 2.19. The highest BCUT2D eigenvalue weighted by molar-refractivity contribution is 5.93. The van der Waals surface area contributed by atoms with Gasteiger partial charge in [0.2, 0.25) is 0 Å². The fourth-order valence-corrected chi connectivity index (χ4v) is 2.79. The molecule has 0 atom stereocenters. The molecule has 0 unspecified atom stereocenters. The summed E-state index contributed by atoms with van der Waals surface area (Å²) in [5.74, 6) is 4.31. The predicted molar refractivity (Wildman–Crippen MR) is 70.7 cm³/mol. The molecule has 2 aromatic rings. The molecule has 0 saturated heterocycles. The molecule has 3 rings (SSSR count). The molecule has 1 heterocycles. The average molecular weight is 263 g/mol. The van der Waals surface area contributed by atoms with Gasteiger partial charge in [0.25, 0.3) is 0 Å². The van der Waals surface area contributed by atoms with Gasteiger partial charge in [0.1, 0.15) is 11.3 Å². The summed E-state index contributed by atoms with van der Waals surface area (Å²) in [4.78, 5) is 4.39. The lowest BCUT2D eigenvalue weighted by atomic mass is 10.0. The van der Waals surface area contributed by atoms with E-state index in [4.69, 9.17) is 5.84 Å². The molecule has 0 bridgehead atoms. The first-order valence-electron chi connectivity index (χ1n) is 6.48. The van der Waals surface area contributed by atoms with Crippen LogP contribution < -0.4 is 11.3 Å². The number of nitrogens with two attached hydrogens (primary N) is 1. The molecular formula is C14H15F2N3. The van der Waals surface area contributed by atoms with E-state index in [1.165, 1.54) is 6.07 Å². The Morgan fingerprint density at radius 3 is 2.68 bits per heavy atom. The zero-order valence-corrected chi connectivity index (χ0v) is 10.5. The number of pyridine rings is 1.